The average molecular weight is 503 g/mol. The van der Waals surface area contributed by atoms with Gasteiger partial charge in [-0.1, -0.05) is 30.4 Å². The molecule has 0 aliphatic heterocycles. The van der Waals surface area contributed by atoms with Crippen LogP contribution in [0.2, 0.25) is 0 Å². The topological polar surface area (TPSA) is 96.2 Å². The second-order valence-corrected chi connectivity index (χ2v) is 9.36. The van der Waals surface area contributed by atoms with Crippen molar-refractivity contribution >= 4 is 5.97 Å². The van der Waals surface area contributed by atoms with Crippen molar-refractivity contribution < 1.29 is 42.8 Å². The summed E-state index contributed by atoms with van der Waals surface area (Å²) in [6, 6.07) is 4.99. The van der Waals surface area contributed by atoms with E-state index in [4.69, 9.17) is 9.47 Å². The molecule has 0 spiro atoms. The van der Waals surface area contributed by atoms with Gasteiger partial charge in [0.15, 0.2) is 0 Å². The van der Waals surface area contributed by atoms with E-state index in [0.717, 1.165) is 12.1 Å². The molecule has 198 valence electrons. The number of halogens is 3. The van der Waals surface area contributed by atoms with Crippen LogP contribution in [-0.2, 0) is 26.9 Å². The van der Waals surface area contributed by atoms with Gasteiger partial charge in [-0.3, -0.25) is 4.79 Å². The molecule has 1 aromatic rings. The zero-order valence-electron chi connectivity index (χ0n) is 20.3. The minimum absolute atomic E-state index is 0.0917. The van der Waals surface area contributed by atoms with E-state index in [9.17, 15) is 33.3 Å². The van der Waals surface area contributed by atoms with Crippen LogP contribution in [0.5, 0.6) is 0 Å². The predicted octanol–water partition coefficient (Wildman–Crippen LogP) is 4.19. The van der Waals surface area contributed by atoms with Gasteiger partial charge >= 0.3 is 12.1 Å². The quantitative estimate of drug-likeness (QED) is 0.213. The molecule has 35 heavy (non-hydrogen) atoms. The van der Waals surface area contributed by atoms with E-state index in [2.05, 4.69) is 0 Å². The van der Waals surface area contributed by atoms with Crippen molar-refractivity contribution in [3.8, 4) is 0 Å². The molecule has 0 saturated heterocycles. The van der Waals surface area contributed by atoms with Gasteiger partial charge in [0.05, 0.1) is 42.7 Å². The standard InChI is InChI=1S/C26H37F3O6/c1-17(2)35-24(33)11-6-4-3-5-10-21-22(31)15-23(32)25(21)34-16-20(30)13-12-18-8-7-9-19(14-18)26(27,28)29/h3,5,7-9,14,17,20-23,25,30-32H,4,6,10-13,15-16H2,1-2H3/b5-3+/t20-,21+,22+,23-,25-/m1/s1. The van der Waals surface area contributed by atoms with Crippen LogP contribution in [0.25, 0.3) is 0 Å². The molecule has 5 atom stereocenters. The monoisotopic (exact) mass is 502 g/mol. The molecule has 0 heterocycles. The molecule has 0 bridgehead atoms. The van der Waals surface area contributed by atoms with Crippen LogP contribution < -0.4 is 0 Å². The summed E-state index contributed by atoms with van der Waals surface area (Å²) in [5, 5.41) is 30.9. The first-order valence-corrected chi connectivity index (χ1v) is 12.1. The lowest BCUT2D eigenvalue weighted by Crippen LogP contribution is -2.33. The van der Waals surface area contributed by atoms with E-state index in [0.29, 0.717) is 31.2 Å². The number of aliphatic hydroxyl groups excluding tert-OH is 3. The van der Waals surface area contributed by atoms with E-state index in [1.54, 1.807) is 19.9 Å². The smallest absolute Gasteiger partial charge is 0.416 e. The van der Waals surface area contributed by atoms with Gasteiger partial charge < -0.3 is 24.8 Å². The second kappa shape index (κ2) is 14.0. The Morgan fingerprint density at radius 3 is 2.63 bits per heavy atom. The molecule has 0 aromatic heterocycles. The van der Waals surface area contributed by atoms with E-state index in [1.807, 2.05) is 12.2 Å². The number of aryl methyl sites for hydroxylation is 1. The van der Waals surface area contributed by atoms with E-state index < -0.39 is 36.2 Å². The Morgan fingerprint density at radius 2 is 1.94 bits per heavy atom. The molecule has 0 radical (unpaired) electrons. The molecule has 2 rings (SSSR count). The summed E-state index contributed by atoms with van der Waals surface area (Å²) in [5.41, 5.74) is -0.258. The summed E-state index contributed by atoms with van der Waals surface area (Å²) in [5.74, 6) is -0.578. The molecule has 3 N–H and O–H groups in total. The summed E-state index contributed by atoms with van der Waals surface area (Å²) < 4.78 is 49.4. The number of hydrogen-bond acceptors (Lipinski definition) is 6. The van der Waals surface area contributed by atoms with Crippen LogP contribution >= 0.6 is 0 Å². The molecule has 1 fully saturated rings. The normalized spacial score (nSPS) is 23.8. The SMILES string of the molecule is CC(C)OC(=O)CCC/C=C/C[C@@H]1[C@@H](OC[C@H](O)CCc2cccc(C(F)(F)F)c2)[C@H](O)C[C@@H]1O. The maximum absolute atomic E-state index is 12.9. The third-order valence-electron chi connectivity index (χ3n) is 5.97. The molecule has 1 saturated carbocycles. The molecule has 0 amide bonds. The molecule has 6 nitrogen and oxygen atoms in total. The molecule has 1 aliphatic rings. The third kappa shape index (κ3) is 10.3. The minimum atomic E-state index is -4.42. The summed E-state index contributed by atoms with van der Waals surface area (Å²) in [7, 11) is 0. The first-order chi connectivity index (χ1) is 16.5. The van der Waals surface area contributed by atoms with Crippen LogP contribution in [0.4, 0.5) is 13.2 Å². The largest absolute Gasteiger partial charge is 0.463 e. The second-order valence-electron chi connectivity index (χ2n) is 9.36. The third-order valence-corrected chi connectivity index (χ3v) is 5.97. The number of allylic oxidation sites excluding steroid dienone is 2. The Kier molecular flexibility index (Phi) is 11.7. The van der Waals surface area contributed by atoms with Gasteiger partial charge in [-0.25, -0.2) is 0 Å². The van der Waals surface area contributed by atoms with E-state index >= 15 is 0 Å². The highest BCUT2D eigenvalue weighted by Crippen LogP contribution is 2.33. The molecule has 1 aromatic carbocycles. The number of aliphatic hydroxyl groups is 3. The molecule has 9 heteroatoms. The number of benzene rings is 1. The highest BCUT2D eigenvalue weighted by atomic mass is 19.4. The fourth-order valence-corrected chi connectivity index (χ4v) is 4.19. The maximum Gasteiger partial charge on any atom is 0.416 e. The highest BCUT2D eigenvalue weighted by Gasteiger charge is 2.42. The number of ether oxygens (including phenoxy) is 2. The zero-order valence-corrected chi connectivity index (χ0v) is 20.3. The molecular formula is C26H37F3O6. The predicted molar refractivity (Wildman–Crippen MR) is 124 cm³/mol. The van der Waals surface area contributed by atoms with Gasteiger partial charge in [-0.15, -0.1) is 0 Å². The Bertz CT molecular complexity index is 811. The first-order valence-electron chi connectivity index (χ1n) is 12.1. The van der Waals surface area contributed by atoms with Gasteiger partial charge in [-0.2, -0.15) is 13.2 Å². The van der Waals surface area contributed by atoms with Gasteiger partial charge in [0.25, 0.3) is 0 Å². The van der Waals surface area contributed by atoms with Crippen molar-refractivity contribution in [3.63, 3.8) is 0 Å². The van der Waals surface area contributed by atoms with Crippen molar-refractivity contribution in [3.05, 3.63) is 47.5 Å². The van der Waals surface area contributed by atoms with Gasteiger partial charge in [-0.05, 0) is 57.6 Å². The fraction of sp³-hybridized carbons (Fsp3) is 0.654. The van der Waals surface area contributed by atoms with Crippen LogP contribution in [0.1, 0.15) is 63.5 Å². The lowest BCUT2D eigenvalue weighted by molar-refractivity contribution is -0.147. The van der Waals surface area contributed by atoms with Crippen molar-refractivity contribution in [2.75, 3.05) is 6.61 Å². The first kappa shape index (κ1) is 29.3. The number of rotatable bonds is 13. The van der Waals surface area contributed by atoms with Crippen LogP contribution in [0, 0.1) is 5.92 Å². The Labute approximate surface area is 204 Å². The Morgan fingerprint density at radius 1 is 1.20 bits per heavy atom. The van der Waals surface area contributed by atoms with Gasteiger partial charge in [0.2, 0.25) is 0 Å². The number of carbonyl (C=O) groups excluding carboxylic acids is 1. The number of alkyl halides is 3. The Balaban J connectivity index is 1.76. The Hall–Kier alpha value is -1.94. The van der Waals surface area contributed by atoms with Gasteiger partial charge in [0.1, 0.15) is 0 Å². The maximum atomic E-state index is 12.9. The summed E-state index contributed by atoms with van der Waals surface area (Å²) in [6.07, 6.45) is -1.18. The fourth-order valence-electron chi connectivity index (χ4n) is 4.19. The van der Waals surface area contributed by atoms with Crippen LogP contribution in [-0.4, -0.2) is 58.4 Å². The number of carbonyl (C=O) groups is 1. The van der Waals surface area contributed by atoms with Crippen LogP contribution in [0.3, 0.4) is 0 Å². The van der Waals surface area contributed by atoms with Gasteiger partial charge in [0, 0.05) is 18.8 Å². The van der Waals surface area contributed by atoms with Crippen molar-refractivity contribution in [1.82, 2.24) is 0 Å². The van der Waals surface area contributed by atoms with E-state index in [1.165, 1.54) is 6.07 Å². The highest BCUT2D eigenvalue weighted by molar-refractivity contribution is 5.69. The molecule has 1 aliphatic carbocycles. The average Bonchev–Trinajstić information content (AvgIpc) is 3.04. The lowest BCUT2D eigenvalue weighted by Gasteiger charge is -2.24. The molecule has 0 unspecified atom stereocenters. The summed E-state index contributed by atoms with van der Waals surface area (Å²) >= 11 is 0. The number of unbranched alkanes of at least 4 members (excludes halogenated alkanes) is 1. The summed E-state index contributed by atoms with van der Waals surface area (Å²) in [6.45, 7) is 3.51. The van der Waals surface area contributed by atoms with Crippen LogP contribution in [0.15, 0.2) is 36.4 Å². The lowest BCUT2D eigenvalue weighted by atomic mass is 9.98. The van der Waals surface area contributed by atoms with Crippen molar-refractivity contribution in [1.29, 1.82) is 0 Å². The molecular weight excluding hydrogens is 465 g/mol. The van der Waals surface area contributed by atoms with E-state index in [-0.39, 0.29) is 43.9 Å². The summed E-state index contributed by atoms with van der Waals surface area (Å²) in [4.78, 5) is 11.5. The minimum Gasteiger partial charge on any atom is -0.463 e. The number of hydrogen-bond donors (Lipinski definition) is 3. The van der Waals surface area contributed by atoms with Crippen molar-refractivity contribution in [2.45, 2.75) is 95.5 Å². The van der Waals surface area contributed by atoms with Crippen molar-refractivity contribution in [2.24, 2.45) is 5.92 Å². The zero-order chi connectivity index (χ0) is 26.0. The number of esters is 1.